The molecule has 4 nitrogen and oxygen atoms in total. The van der Waals surface area contributed by atoms with Crippen molar-refractivity contribution in [2.75, 3.05) is 17.7 Å². The van der Waals surface area contributed by atoms with Gasteiger partial charge >= 0.3 is 0 Å². The fraction of sp³-hybridized carbons (Fsp3) is 0.263. The Bertz CT molecular complexity index is 770. The number of carbonyl (C=O) groups is 1. The van der Waals surface area contributed by atoms with Crippen molar-refractivity contribution in [1.82, 2.24) is 0 Å². The van der Waals surface area contributed by atoms with Gasteiger partial charge < -0.3 is 10.1 Å². The first-order valence-corrected chi connectivity index (χ1v) is 8.87. The summed E-state index contributed by atoms with van der Waals surface area (Å²) < 4.78 is 5.70. The Kier molecular flexibility index (Phi) is 5.39. The van der Waals surface area contributed by atoms with Gasteiger partial charge in [-0.05, 0) is 30.2 Å². The molecule has 1 aliphatic rings. The molecule has 0 bridgehead atoms. The zero-order chi connectivity index (χ0) is 16.8. The van der Waals surface area contributed by atoms with Gasteiger partial charge in [0, 0.05) is 17.1 Å². The third kappa shape index (κ3) is 3.90. The molecule has 1 N–H and O–H groups in total. The third-order valence-corrected chi connectivity index (χ3v) is 4.94. The average Bonchev–Trinajstić information content (AvgIpc) is 2.63. The molecule has 0 fully saturated rings. The Morgan fingerprint density at radius 1 is 1.25 bits per heavy atom. The molecule has 0 saturated heterocycles. The molecule has 1 heterocycles. The first-order chi connectivity index (χ1) is 11.8. The van der Waals surface area contributed by atoms with Crippen LogP contribution in [0.15, 0.2) is 53.4 Å². The van der Waals surface area contributed by atoms with Crippen LogP contribution in [0.3, 0.4) is 0 Å². The first kappa shape index (κ1) is 16.4. The molecule has 2 aromatic carbocycles. The second-order valence-corrected chi connectivity index (χ2v) is 6.70. The van der Waals surface area contributed by atoms with Crippen LogP contribution in [-0.4, -0.2) is 18.3 Å². The van der Waals surface area contributed by atoms with Crippen molar-refractivity contribution < 1.29 is 9.53 Å². The van der Waals surface area contributed by atoms with Gasteiger partial charge in [0.25, 0.3) is 0 Å². The van der Waals surface area contributed by atoms with Crippen molar-refractivity contribution in [2.45, 2.75) is 17.7 Å². The van der Waals surface area contributed by atoms with Crippen molar-refractivity contribution in [3.05, 3.63) is 54.1 Å². The second kappa shape index (κ2) is 7.89. The van der Waals surface area contributed by atoms with Gasteiger partial charge in [-0.2, -0.15) is 5.26 Å². The van der Waals surface area contributed by atoms with E-state index in [2.05, 4.69) is 11.4 Å². The van der Waals surface area contributed by atoms with Gasteiger partial charge in [-0.3, -0.25) is 4.79 Å². The average molecular weight is 338 g/mol. The van der Waals surface area contributed by atoms with Gasteiger partial charge in [-0.15, -0.1) is 11.8 Å². The van der Waals surface area contributed by atoms with Crippen LogP contribution in [-0.2, 0) is 11.2 Å². The summed E-state index contributed by atoms with van der Waals surface area (Å²) in [4.78, 5) is 13.6. The molecule has 5 heteroatoms. The van der Waals surface area contributed by atoms with E-state index >= 15 is 0 Å². The molecule has 1 aliphatic heterocycles. The van der Waals surface area contributed by atoms with E-state index in [1.807, 2.05) is 48.5 Å². The highest BCUT2D eigenvalue weighted by atomic mass is 32.2. The summed E-state index contributed by atoms with van der Waals surface area (Å²) in [6.07, 6.45) is 1.17. The van der Waals surface area contributed by atoms with Gasteiger partial charge in [-0.25, -0.2) is 0 Å². The van der Waals surface area contributed by atoms with Crippen LogP contribution in [0.25, 0.3) is 0 Å². The number of thioether (sulfide) groups is 1. The fourth-order valence-electron chi connectivity index (χ4n) is 2.63. The molecular weight excluding hydrogens is 320 g/mol. The van der Waals surface area contributed by atoms with E-state index in [-0.39, 0.29) is 11.8 Å². The van der Waals surface area contributed by atoms with Crippen LogP contribution in [0.2, 0.25) is 0 Å². The molecule has 3 rings (SSSR count). The molecule has 24 heavy (non-hydrogen) atoms. The number of rotatable bonds is 5. The molecular formula is C19H18N2O2S. The molecule has 0 radical (unpaired) electrons. The highest BCUT2D eigenvalue weighted by molar-refractivity contribution is 7.99. The van der Waals surface area contributed by atoms with E-state index in [0.29, 0.717) is 25.2 Å². The maximum atomic E-state index is 12.6. The Hall–Kier alpha value is -2.45. The Labute approximate surface area is 145 Å². The molecule has 122 valence electrons. The zero-order valence-corrected chi connectivity index (χ0v) is 14.0. The van der Waals surface area contributed by atoms with Crippen molar-refractivity contribution in [2.24, 2.45) is 5.92 Å². The largest absolute Gasteiger partial charge is 0.492 e. The van der Waals surface area contributed by atoms with Crippen LogP contribution in [0.1, 0.15) is 12.0 Å². The summed E-state index contributed by atoms with van der Waals surface area (Å²) in [5.41, 5.74) is 1.87. The van der Waals surface area contributed by atoms with E-state index in [1.54, 1.807) is 11.8 Å². The number of hydrogen-bond donors (Lipinski definition) is 1. The smallest absolute Gasteiger partial charge is 0.231 e. The van der Waals surface area contributed by atoms with E-state index in [1.165, 1.54) is 0 Å². The summed E-state index contributed by atoms with van der Waals surface area (Å²) in [5, 5.41) is 11.7. The lowest BCUT2D eigenvalue weighted by atomic mass is 9.96. The number of benzene rings is 2. The highest BCUT2D eigenvalue weighted by Gasteiger charge is 2.26. The lowest BCUT2D eigenvalue weighted by Crippen LogP contribution is -2.32. The summed E-state index contributed by atoms with van der Waals surface area (Å²) in [7, 11) is 0. The van der Waals surface area contributed by atoms with Crippen molar-refractivity contribution >= 4 is 23.4 Å². The number of nitrogens with one attached hydrogen (secondary N) is 1. The topological polar surface area (TPSA) is 62.1 Å². The minimum Gasteiger partial charge on any atom is -0.492 e. The SMILES string of the molecule is N#CCCSc1ccccc1NC(=O)[C@@H]1COc2ccccc2C1. The summed E-state index contributed by atoms with van der Waals surface area (Å²) in [6.45, 7) is 0.395. The van der Waals surface area contributed by atoms with Crippen molar-refractivity contribution in [1.29, 1.82) is 5.26 Å². The lowest BCUT2D eigenvalue weighted by Gasteiger charge is -2.24. The predicted octanol–water partition coefficient (Wildman–Crippen LogP) is 3.88. The molecule has 0 spiro atoms. The van der Waals surface area contributed by atoms with E-state index in [9.17, 15) is 4.79 Å². The first-order valence-electron chi connectivity index (χ1n) is 7.88. The maximum Gasteiger partial charge on any atom is 0.231 e. The molecule has 1 atom stereocenters. The Morgan fingerprint density at radius 3 is 2.92 bits per heavy atom. The number of fused-ring (bicyclic) bond motifs is 1. The molecule has 1 amide bonds. The standard InChI is InChI=1S/C19H18N2O2S/c20-10-5-11-24-18-9-4-2-7-16(18)21-19(22)15-12-14-6-1-3-8-17(14)23-13-15/h1-4,6-9,15H,5,11-13H2,(H,21,22)/t15-/m0/s1. The van der Waals surface area contributed by atoms with Gasteiger partial charge in [-0.1, -0.05) is 30.3 Å². The zero-order valence-electron chi connectivity index (χ0n) is 13.2. The van der Waals surface area contributed by atoms with Crippen LogP contribution < -0.4 is 10.1 Å². The lowest BCUT2D eigenvalue weighted by molar-refractivity contribution is -0.121. The second-order valence-electron chi connectivity index (χ2n) is 5.56. The Balaban J connectivity index is 1.66. The van der Waals surface area contributed by atoms with Crippen LogP contribution in [0.5, 0.6) is 5.75 Å². The summed E-state index contributed by atoms with van der Waals surface area (Å²) in [6, 6.07) is 17.7. The highest BCUT2D eigenvalue weighted by Crippen LogP contribution is 2.30. The molecule has 0 aromatic heterocycles. The van der Waals surface area contributed by atoms with E-state index < -0.39 is 0 Å². The maximum absolute atomic E-state index is 12.6. The molecule has 0 unspecified atom stereocenters. The van der Waals surface area contributed by atoms with Gasteiger partial charge in [0.15, 0.2) is 0 Å². The molecule has 2 aromatic rings. The van der Waals surface area contributed by atoms with Crippen LogP contribution in [0, 0.1) is 17.2 Å². The number of para-hydroxylation sites is 2. The third-order valence-electron chi connectivity index (χ3n) is 3.87. The molecule has 0 aliphatic carbocycles. The number of nitriles is 1. The predicted molar refractivity (Wildman–Crippen MR) is 95.2 cm³/mol. The minimum atomic E-state index is -0.197. The monoisotopic (exact) mass is 338 g/mol. The summed E-state index contributed by atoms with van der Waals surface area (Å²) in [5.74, 6) is 1.35. The molecule has 0 saturated carbocycles. The van der Waals surface area contributed by atoms with Gasteiger partial charge in [0.1, 0.15) is 12.4 Å². The number of nitrogens with zero attached hydrogens (tertiary/aromatic N) is 1. The number of ether oxygens (including phenoxy) is 1. The van der Waals surface area contributed by atoms with Gasteiger partial charge in [0.05, 0.1) is 17.7 Å². The fourth-order valence-corrected chi connectivity index (χ4v) is 3.50. The summed E-state index contributed by atoms with van der Waals surface area (Å²) >= 11 is 1.58. The minimum absolute atomic E-state index is 0.0298. The van der Waals surface area contributed by atoms with Crippen molar-refractivity contribution in [3.8, 4) is 11.8 Å². The normalized spacial score (nSPS) is 15.7. The van der Waals surface area contributed by atoms with E-state index in [0.717, 1.165) is 21.9 Å². The number of carbonyl (C=O) groups excluding carboxylic acids is 1. The Morgan fingerprint density at radius 2 is 2.04 bits per heavy atom. The van der Waals surface area contributed by atoms with Crippen LogP contribution in [0.4, 0.5) is 5.69 Å². The van der Waals surface area contributed by atoms with E-state index in [4.69, 9.17) is 10.00 Å². The van der Waals surface area contributed by atoms with Gasteiger partial charge in [0.2, 0.25) is 5.91 Å². The number of anilines is 1. The number of amides is 1. The van der Waals surface area contributed by atoms with Crippen molar-refractivity contribution in [3.63, 3.8) is 0 Å². The van der Waals surface area contributed by atoms with Crippen LogP contribution >= 0.6 is 11.8 Å². The number of hydrogen-bond acceptors (Lipinski definition) is 4. The quantitative estimate of drug-likeness (QED) is 0.664.